The summed E-state index contributed by atoms with van der Waals surface area (Å²) in [4.78, 5) is 14.4. The summed E-state index contributed by atoms with van der Waals surface area (Å²) in [6.07, 6.45) is 4.51. The van der Waals surface area contributed by atoms with Crippen LogP contribution >= 0.6 is 0 Å². The third-order valence-electron chi connectivity index (χ3n) is 8.75. The van der Waals surface area contributed by atoms with Gasteiger partial charge in [-0.2, -0.15) is 0 Å². The van der Waals surface area contributed by atoms with Gasteiger partial charge in [-0.3, -0.25) is 4.79 Å². The SMILES string of the molecule is CC(C)=CCC12Oc3cc(O)ccc3C1(O)Oc1cc(O)c(C3=C[C@@]4(C)C[C@@H](C3)c3cc(O)ccc3O4)c(O)c1C2=O. The first kappa shape index (κ1) is 26.3. The van der Waals surface area contributed by atoms with Crippen molar-refractivity contribution in [1.82, 2.24) is 0 Å². The predicted molar refractivity (Wildman–Crippen MR) is 151 cm³/mol. The van der Waals surface area contributed by atoms with Crippen LogP contribution in [0.4, 0.5) is 0 Å². The van der Waals surface area contributed by atoms with Gasteiger partial charge >= 0.3 is 0 Å². The highest BCUT2D eigenvalue weighted by Crippen LogP contribution is 2.60. The number of hydrogen-bond acceptors (Lipinski definition) is 9. The van der Waals surface area contributed by atoms with Crippen LogP contribution < -0.4 is 14.2 Å². The lowest BCUT2D eigenvalue weighted by molar-refractivity contribution is -0.221. The maximum Gasteiger partial charge on any atom is 0.286 e. The second kappa shape index (κ2) is 8.45. The van der Waals surface area contributed by atoms with E-state index in [4.69, 9.17) is 14.2 Å². The minimum Gasteiger partial charge on any atom is -0.508 e. The Kier molecular flexibility index (Phi) is 5.29. The number of allylic oxidation sites excluding steroid dienone is 2. The van der Waals surface area contributed by atoms with Gasteiger partial charge in [0.15, 0.2) is 0 Å². The largest absolute Gasteiger partial charge is 0.508 e. The molecular formula is C33H30O9. The fourth-order valence-electron chi connectivity index (χ4n) is 6.89. The normalized spacial score (nSPS) is 28.1. The third-order valence-corrected chi connectivity index (χ3v) is 8.75. The van der Waals surface area contributed by atoms with Crippen molar-refractivity contribution in [3.8, 4) is 40.2 Å². The van der Waals surface area contributed by atoms with Crippen molar-refractivity contribution in [2.75, 3.05) is 0 Å². The number of benzene rings is 3. The smallest absolute Gasteiger partial charge is 0.286 e. The first-order valence-electron chi connectivity index (χ1n) is 13.8. The first-order valence-corrected chi connectivity index (χ1v) is 13.8. The van der Waals surface area contributed by atoms with Crippen LogP contribution in [0.15, 0.2) is 60.2 Å². The first-order chi connectivity index (χ1) is 19.8. The van der Waals surface area contributed by atoms with Crippen LogP contribution in [0.25, 0.3) is 5.57 Å². The number of carbonyl (C=O) groups excluding carboxylic acids is 1. The molecule has 3 aliphatic heterocycles. The summed E-state index contributed by atoms with van der Waals surface area (Å²) in [5.74, 6) is -3.44. The van der Waals surface area contributed by atoms with E-state index in [0.29, 0.717) is 24.2 Å². The van der Waals surface area contributed by atoms with E-state index in [2.05, 4.69) is 0 Å². The molecule has 7 rings (SSSR count). The zero-order chi connectivity index (χ0) is 29.8. The van der Waals surface area contributed by atoms with Gasteiger partial charge < -0.3 is 39.7 Å². The van der Waals surface area contributed by atoms with E-state index in [1.165, 1.54) is 24.3 Å². The lowest BCUT2D eigenvalue weighted by atomic mass is 9.72. The van der Waals surface area contributed by atoms with Crippen LogP contribution in [0.3, 0.4) is 0 Å². The van der Waals surface area contributed by atoms with Crippen LogP contribution in [0.1, 0.15) is 73.0 Å². The molecule has 0 aromatic heterocycles. The molecule has 2 bridgehead atoms. The fraction of sp³-hybridized carbons (Fsp3) is 0.303. The Morgan fingerprint density at radius 1 is 0.929 bits per heavy atom. The summed E-state index contributed by atoms with van der Waals surface area (Å²) in [5, 5.41) is 55.1. The van der Waals surface area contributed by atoms with Crippen molar-refractivity contribution in [2.45, 2.75) is 62.9 Å². The molecule has 9 nitrogen and oxygen atoms in total. The van der Waals surface area contributed by atoms with Gasteiger partial charge in [0.2, 0.25) is 11.4 Å². The maximum atomic E-state index is 14.4. The van der Waals surface area contributed by atoms with Crippen molar-refractivity contribution >= 4 is 11.4 Å². The highest BCUT2D eigenvalue weighted by Gasteiger charge is 2.69. The highest BCUT2D eigenvalue weighted by atomic mass is 16.7. The number of hydrogen-bond donors (Lipinski definition) is 5. The minimum absolute atomic E-state index is 0.0600. The summed E-state index contributed by atoms with van der Waals surface area (Å²) in [6.45, 7) is 5.59. The molecule has 0 saturated heterocycles. The van der Waals surface area contributed by atoms with Gasteiger partial charge in [-0.1, -0.05) is 11.6 Å². The summed E-state index contributed by atoms with van der Waals surface area (Å²) >= 11 is 0. The van der Waals surface area contributed by atoms with E-state index in [1.807, 2.05) is 26.8 Å². The number of phenolic OH excluding ortho intramolecular Hbond substituents is 4. The molecule has 1 aliphatic carbocycles. The van der Waals surface area contributed by atoms with Gasteiger partial charge in [-0.15, -0.1) is 0 Å². The molecule has 4 atom stereocenters. The maximum absolute atomic E-state index is 14.4. The molecule has 3 aromatic rings. The van der Waals surface area contributed by atoms with E-state index < -0.39 is 28.5 Å². The molecule has 216 valence electrons. The monoisotopic (exact) mass is 570 g/mol. The summed E-state index contributed by atoms with van der Waals surface area (Å²) < 4.78 is 18.5. The van der Waals surface area contributed by atoms with Crippen LogP contribution in [0, 0.1) is 0 Å². The number of fused-ring (bicyclic) bond motifs is 8. The van der Waals surface area contributed by atoms with Crippen molar-refractivity contribution in [1.29, 1.82) is 0 Å². The molecule has 2 unspecified atom stereocenters. The van der Waals surface area contributed by atoms with Crippen molar-refractivity contribution in [3.63, 3.8) is 0 Å². The van der Waals surface area contributed by atoms with Crippen molar-refractivity contribution < 1.29 is 44.5 Å². The standard InChI is InChI=1S/C33H30O9/c1-16(2)8-9-32-30(38)28-26(42-33(32,39)22-6-4-20(35)12-25(22)41-32)13-23(36)27(29(28)37)18-10-17-14-31(3,15-18)40-24-7-5-19(34)11-21(17)24/h4-8,11-13,15,17,34-37,39H,9-10,14H2,1-3H3/t17-,31-,32?,33?/m1/s1. The molecule has 42 heavy (non-hydrogen) atoms. The zero-order valence-corrected chi connectivity index (χ0v) is 23.3. The topological polar surface area (TPSA) is 146 Å². The Balaban J connectivity index is 1.38. The Bertz CT molecular complexity index is 1770. The van der Waals surface area contributed by atoms with E-state index in [1.54, 1.807) is 24.3 Å². The number of aliphatic hydroxyl groups is 1. The van der Waals surface area contributed by atoms with Gasteiger partial charge in [0.05, 0.1) is 11.1 Å². The van der Waals surface area contributed by atoms with Gasteiger partial charge in [0.25, 0.3) is 5.79 Å². The summed E-state index contributed by atoms with van der Waals surface area (Å²) in [6, 6.07) is 10.2. The average Bonchev–Trinajstić information content (AvgIpc) is 3.15. The molecule has 3 aromatic carbocycles. The van der Waals surface area contributed by atoms with Crippen LogP contribution in [-0.4, -0.2) is 42.5 Å². The van der Waals surface area contributed by atoms with Crippen LogP contribution in [0.2, 0.25) is 0 Å². The molecular weight excluding hydrogens is 540 g/mol. The molecule has 0 saturated carbocycles. The number of ketones is 1. The van der Waals surface area contributed by atoms with Gasteiger partial charge in [-0.05, 0) is 81.5 Å². The number of rotatable bonds is 3. The predicted octanol–water partition coefficient (Wildman–Crippen LogP) is 5.53. The summed E-state index contributed by atoms with van der Waals surface area (Å²) in [7, 11) is 0. The molecule has 0 fully saturated rings. The number of aromatic hydroxyl groups is 4. The molecule has 9 heteroatoms. The molecule has 0 radical (unpaired) electrons. The zero-order valence-electron chi connectivity index (χ0n) is 23.3. The highest BCUT2D eigenvalue weighted by molar-refractivity contribution is 6.11. The molecule has 0 amide bonds. The Morgan fingerprint density at radius 2 is 1.67 bits per heavy atom. The van der Waals surface area contributed by atoms with Crippen molar-refractivity contribution in [2.24, 2.45) is 0 Å². The van der Waals surface area contributed by atoms with Gasteiger partial charge in [0.1, 0.15) is 51.4 Å². The Labute approximate surface area is 241 Å². The lowest BCUT2D eigenvalue weighted by Gasteiger charge is -2.44. The molecule has 3 heterocycles. The van der Waals surface area contributed by atoms with E-state index in [9.17, 15) is 30.3 Å². The minimum atomic E-state index is -2.30. The van der Waals surface area contributed by atoms with E-state index in [-0.39, 0.29) is 57.8 Å². The quantitative estimate of drug-likeness (QED) is 0.257. The van der Waals surface area contributed by atoms with Gasteiger partial charge in [0, 0.05) is 24.1 Å². The van der Waals surface area contributed by atoms with Gasteiger partial charge in [-0.25, -0.2) is 0 Å². The molecule has 4 aliphatic rings. The Morgan fingerprint density at radius 3 is 2.43 bits per heavy atom. The second-order valence-corrected chi connectivity index (χ2v) is 12.1. The summed E-state index contributed by atoms with van der Waals surface area (Å²) in [5.41, 5.74) is -0.560. The number of phenols is 4. The van der Waals surface area contributed by atoms with Crippen molar-refractivity contribution in [3.05, 3.63) is 82.4 Å². The molecule has 0 spiro atoms. The number of Topliss-reactive ketones (excluding diaryl/α,β-unsaturated/α-hetero) is 1. The van der Waals surface area contributed by atoms with E-state index >= 15 is 0 Å². The average molecular weight is 571 g/mol. The second-order valence-electron chi connectivity index (χ2n) is 12.1. The van der Waals surface area contributed by atoms with E-state index in [0.717, 1.165) is 11.1 Å². The lowest BCUT2D eigenvalue weighted by Crippen LogP contribution is -2.62. The Hall–Kier alpha value is -4.63. The fourth-order valence-corrected chi connectivity index (χ4v) is 6.89. The van der Waals surface area contributed by atoms with Crippen LogP contribution in [-0.2, 0) is 5.79 Å². The van der Waals surface area contributed by atoms with Crippen LogP contribution in [0.5, 0.6) is 40.2 Å². The number of ether oxygens (including phenoxy) is 3. The third kappa shape index (κ3) is 3.49. The molecule has 5 N–H and O–H groups in total. The number of carbonyl (C=O) groups is 1.